The summed E-state index contributed by atoms with van der Waals surface area (Å²) in [5.41, 5.74) is 5.92. The second-order valence-corrected chi connectivity index (χ2v) is 12.9. The Kier molecular flexibility index (Phi) is 5.28. The van der Waals surface area contributed by atoms with Crippen LogP contribution < -0.4 is 5.01 Å². The van der Waals surface area contributed by atoms with Gasteiger partial charge in [-0.1, -0.05) is 140 Å². The van der Waals surface area contributed by atoms with E-state index in [1.807, 2.05) is 11.3 Å². The van der Waals surface area contributed by atoms with Crippen LogP contribution >= 0.6 is 11.3 Å². The SMILES string of the molecule is c1ccc(C2=NC(c3ccccc3)N(n3c4ccccc4c4c5c6ccc7ccccc7c6sc5c5ccccc5c43)C2)cc1. The van der Waals surface area contributed by atoms with Crippen molar-refractivity contribution in [2.45, 2.75) is 6.17 Å². The number of benzene rings is 7. The van der Waals surface area contributed by atoms with E-state index < -0.39 is 0 Å². The van der Waals surface area contributed by atoms with Gasteiger partial charge in [0.25, 0.3) is 0 Å². The van der Waals surface area contributed by atoms with Crippen molar-refractivity contribution in [2.24, 2.45) is 4.99 Å². The van der Waals surface area contributed by atoms with E-state index in [2.05, 4.69) is 155 Å². The van der Waals surface area contributed by atoms with Crippen LogP contribution in [0.3, 0.4) is 0 Å². The van der Waals surface area contributed by atoms with E-state index in [1.165, 1.54) is 74.6 Å². The Labute approximate surface area is 263 Å². The molecule has 1 atom stereocenters. The van der Waals surface area contributed by atoms with Crippen molar-refractivity contribution in [1.29, 1.82) is 0 Å². The van der Waals surface area contributed by atoms with Crippen molar-refractivity contribution in [2.75, 3.05) is 11.6 Å². The Balaban J connectivity index is 1.36. The molecule has 0 saturated heterocycles. The van der Waals surface area contributed by atoms with Crippen LogP contribution in [0.15, 0.2) is 151 Å². The summed E-state index contributed by atoms with van der Waals surface area (Å²) in [5.74, 6) is 0. The molecule has 0 saturated carbocycles. The van der Waals surface area contributed by atoms with Gasteiger partial charge in [-0.3, -0.25) is 14.7 Å². The maximum atomic E-state index is 5.42. The molecule has 0 aliphatic carbocycles. The molecule has 4 heteroatoms. The zero-order valence-corrected chi connectivity index (χ0v) is 25.2. The van der Waals surface area contributed by atoms with Gasteiger partial charge in [0.1, 0.15) is 0 Å². The topological polar surface area (TPSA) is 20.5 Å². The molecular formula is C41H27N3S. The van der Waals surface area contributed by atoms with Crippen molar-refractivity contribution in [3.05, 3.63) is 157 Å². The number of rotatable bonds is 3. The van der Waals surface area contributed by atoms with Crippen molar-refractivity contribution in [3.63, 3.8) is 0 Å². The lowest BCUT2D eigenvalue weighted by Crippen LogP contribution is -2.36. The first-order valence-electron chi connectivity index (χ1n) is 15.5. The minimum Gasteiger partial charge on any atom is -0.278 e. The molecular weight excluding hydrogens is 567 g/mol. The minimum atomic E-state index is -0.155. The summed E-state index contributed by atoms with van der Waals surface area (Å²) in [7, 11) is 0. The van der Waals surface area contributed by atoms with Crippen molar-refractivity contribution >= 4 is 80.6 Å². The van der Waals surface area contributed by atoms with Crippen LogP contribution in [0.25, 0.3) is 63.5 Å². The number of fused-ring (bicyclic) bond motifs is 12. The first-order chi connectivity index (χ1) is 22.3. The predicted molar refractivity (Wildman–Crippen MR) is 193 cm³/mol. The van der Waals surface area contributed by atoms with Gasteiger partial charge < -0.3 is 0 Å². The summed E-state index contributed by atoms with van der Waals surface area (Å²) in [6.45, 7) is 0.707. The fourth-order valence-electron chi connectivity index (χ4n) is 7.49. The highest BCUT2D eigenvalue weighted by Gasteiger charge is 2.32. The van der Waals surface area contributed by atoms with Crippen LogP contribution in [-0.4, -0.2) is 16.9 Å². The highest BCUT2D eigenvalue weighted by Crippen LogP contribution is 2.49. The molecule has 1 aliphatic heterocycles. The van der Waals surface area contributed by atoms with Gasteiger partial charge >= 0.3 is 0 Å². The average molecular weight is 594 g/mol. The molecule has 3 nitrogen and oxygen atoms in total. The molecule has 45 heavy (non-hydrogen) atoms. The number of aromatic nitrogens is 1. The van der Waals surface area contributed by atoms with Gasteiger partial charge in [0.05, 0.1) is 23.3 Å². The van der Waals surface area contributed by atoms with Crippen molar-refractivity contribution in [1.82, 2.24) is 4.68 Å². The zero-order chi connectivity index (χ0) is 29.5. The predicted octanol–water partition coefficient (Wildman–Crippen LogP) is 10.6. The van der Waals surface area contributed by atoms with Gasteiger partial charge in [0.2, 0.25) is 0 Å². The molecule has 1 aliphatic rings. The van der Waals surface area contributed by atoms with Crippen LogP contribution in [-0.2, 0) is 0 Å². The molecule has 0 N–H and O–H groups in total. The molecule has 0 bridgehead atoms. The smallest absolute Gasteiger partial charge is 0.161 e. The van der Waals surface area contributed by atoms with Gasteiger partial charge in [-0.15, -0.1) is 11.3 Å². The maximum absolute atomic E-state index is 5.42. The quantitative estimate of drug-likeness (QED) is 0.200. The van der Waals surface area contributed by atoms with Crippen molar-refractivity contribution in [3.8, 4) is 0 Å². The number of hydrogen-bond donors (Lipinski definition) is 0. The molecule has 1 unspecified atom stereocenters. The molecule has 2 aromatic heterocycles. The van der Waals surface area contributed by atoms with Crippen LogP contribution in [0.2, 0.25) is 0 Å². The molecule has 0 fully saturated rings. The number of aliphatic imine (C=N–C) groups is 1. The van der Waals surface area contributed by atoms with E-state index >= 15 is 0 Å². The Bertz CT molecular complexity index is 2630. The normalized spacial score (nSPS) is 15.3. The van der Waals surface area contributed by atoms with Gasteiger partial charge in [-0.25, -0.2) is 0 Å². The van der Waals surface area contributed by atoms with E-state index in [0.717, 1.165) is 5.71 Å². The van der Waals surface area contributed by atoms with Crippen LogP contribution in [0.4, 0.5) is 0 Å². The summed E-state index contributed by atoms with van der Waals surface area (Å²) in [4.78, 5) is 5.42. The third-order valence-electron chi connectivity index (χ3n) is 9.44. The number of hydrogen-bond acceptors (Lipinski definition) is 3. The highest BCUT2D eigenvalue weighted by atomic mass is 32.1. The van der Waals surface area contributed by atoms with Gasteiger partial charge in [-0.2, -0.15) is 0 Å². The van der Waals surface area contributed by atoms with Crippen LogP contribution in [0, 0.1) is 0 Å². The summed E-state index contributed by atoms with van der Waals surface area (Å²) in [6.07, 6.45) is -0.155. The maximum Gasteiger partial charge on any atom is 0.161 e. The first kappa shape index (κ1) is 24.9. The van der Waals surface area contributed by atoms with Gasteiger partial charge in [0, 0.05) is 41.7 Å². The van der Waals surface area contributed by atoms with Crippen LogP contribution in [0.1, 0.15) is 17.3 Å². The fourth-order valence-corrected chi connectivity index (χ4v) is 8.87. The zero-order valence-electron chi connectivity index (χ0n) is 24.4. The second-order valence-electron chi connectivity index (χ2n) is 11.9. The molecule has 7 aromatic carbocycles. The van der Waals surface area contributed by atoms with E-state index in [1.54, 1.807) is 0 Å². The Hall–Kier alpha value is -5.45. The van der Waals surface area contributed by atoms with E-state index in [0.29, 0.717) is 6.54 Å². The summed E-state index contributed by atoms with van der Waals surface area (Å²) >= 11 is 1.94. The first-order valence-corrected chi connectivity index (χ1v) is 16.3. The van der Waals surface area contributed by atoms with E-state index in [4.69, 9.17) is 4.99 Å². The number of para-hydroxylation sites is 1. The summed E-state index contributed by atoms with van der Waals surface area (Å²) < 4.78 is 5.21. The standard InChI is InChI=1S/C41H27N3S/c1-3-14-27(15-4-1)34-25-43(41(42-34)28-16-5-2-6-17-28)44-35-22-12-11-21-32(35)36-37-33-24-23-26-13-7-8-18-29(26)39(33)45-40(37)31-20-10-9-19-30(31)38(36)44/h1-24,41H,25H2. The summed E-state index contributed by atoms with van der Waals surface area (Å²) in [6, 6.07) is 52.7. The largest absolute Gasteiger partial charge is 0.278 e. The van der Waals surface area contributed by atoms with Gasteiger partial charge in [0.15, 0.2) is 6.17 Å². The Morgan fingerprint density at radius 2 is 1.20 bits per heavy atom. The van der Waals surface area contributed by atoms with Crippen LogP contribution in [0.5, 0.6) is 0 Å². The average Bonchev–Trinajstić information content (AvgIpc) is 3.81. The molecule has 0 radical (unpaired) electrons. The molecule has 3 heterocycles. The minimum absolute atomic E-state index is 0.155. The Morgan fingerprint density at radius 1 is 0.533 bits per heavy atom. The monoisotopic (exact) mass is 593 g/mol. The van der Waals surface area contributed by atoms with Crippen molar-refractivity contribution < 1.29 is 0 Å². The second kappa shape index (κ2) is 9.52. The molecule has 10 rings (SSSR count). The third kappa shape index (κ3) is 3.54. The van der Waals surface area contributed by atoms with Gasteiger partial charge in [-0.05, 0) is 28.0 Å². The molecule has 0 amide bonds. The Morgan fingerprint density at radius 3 is 2.02 bits per heavy atom. The lowest BCUT2D eigenvalue weighted by Gasteiger charge is -2.29. The molecule has 9 aromatic rings. The summed E-state index contributed by atoms with van der Waals surface area (Å²) in [5, 5.41) is 12.9. The highest BCUT2D eigenvalue weighted by molar-refractivity contribution is 7.27. The third-order valence-corrected chi connectivity index (χ3v) is 10.7. The lowest BCUT2D eigenvalue weighted by atomic mass is 9.98. The fraction of sp³-hybridized carbons (Fsp3) is 0.0488. The number of thiophene rings is 1. The molecule has 0 spiro atoms. The lowest BCUT2D eigenvalue weighted by molar-refractivity contribution is 0.582. The van der Waals surface area contributed by atoms with E-state index in [9.17, 15) is 0 Å². The number of nitrogens with zero attached hydrogens (tertiary/aromatic N) is 3. The van der Waals surface area contributed by atoms with E-state index in [-0.39, 0.29) is 6.17 Å². The molecule has 212 valence electrons.